The molecule has 106 valence electrons. The first-order valence-corrected chi connectivity index (χ1v) is 8.15. The van der Waals surface area contributed by atoms with E-state index in [-0.39, 0.29) is 0 Å². The first-order valence-electron chi connectivity index (χ1n) is 6.60. The standard InChI is InChI=1S/C15H18NO3P/c1-3-18-20(17,19-4-2)15-12-14(10-11-16-15)13-8-6-5-7-9-13/h5-12H,3-4H2,1-2H3. The van der Waals surface area contributed by atoms with E-state index in [1.54, 1.807) is 26.1 Å². The van der Waals surface area contributed by atoms with Crippen molar-refractivity contribution in [2.75, 3.05) is 13.2 Å². The maximum atomic E-state index is 12.7. The van der Waals surface area contributed by atoms with Crippen molar-refractivity contribution in [2.24, 2.45) is 0 Å². The lowest BCUT2D eigenvalue weighted by Gasteiger charge is -2.16. The van der Waals surface area contributed by atoms with E-state index in [1.165, 1.54) is 0 Å². The predicted molar refractivity (Wildman–Crippen MR) is 80.2 cm³/mol. The Bertz CT molecular complexity index is 591. The fourth-order valence-corrected chi connectivity index (χ4v) is 3.41. The SMILES string of the molecule is CCOP(=O)(OCC)c1cc(-c2ccccc2)ccn1. The minimum absolute atomic E-state index is 0.314. The number of rotatable bonds is 6. The van der Waals surface area contributed by atoms with Crippen LogP contribution in [-0.4, -0.2) is 18.2 Å². The van der Waals surface area contributed by atoms with Crippen LogP contribution in [0.2, 0.25) is 0 Å². The zero-order valence-corrected chi connectivity index (χ0v) is 12.5. The van der Waals surface area contributed by atoms with Crippen molar-refractivity contribution in [2.45, 2.75) is 13.8 Å². The monoisotopic (exact) mass is 291 g/mol. The maximum absolute atomic E-state index is 12.7. The summed E-state index contributed by atoms with van der Waals surface area (Å²) in [5.74, 6) is 0. The molecule has 20 heavy (non-hydrogen) atoms. The van der Waals surface area contributed by atoms with Crippen molar-refractivity contribution in [3.8, 4) is 11.1 Å². The molecule has 0 atom stereocenters. The molecule has 0 spiro atoms. The van der Waals surface area contributed by atoms with E-state index in [9.17, 15) is 4.57 Å². The Kier molecular flexibility index (Phi) is 5.07. The van der Waals surface area contributed by atoms with Crippen molar-refractivity contribution in [1.29, 1.82) is 0 Å². The smallest absolute Gasteiger partial charge is 0.304 e. The van der Waals surface area contributed by atoms with Gasteiger partial charge in [0.1, 0.15) is 0 Å². The summed E-state index contributed by atoms with van der Waals surface area (Å²) in [6.45, 7) is 4.20. The van der Waals surface area contributed by atoms with Gasteiger partial charge < -0.3 is 9.05 Å². The van der Waals surface area contributed by atoms with E-state index >= 15 is 0 Å². The van der Waals surface area contributed by atoms with E-state index in [1.807, 2.05) is 36.4 Å². The number of hydrogen-bond donors (Lipinski definition) is 0. The van der Waals surface area contributed by atoms with Crippen LogP contribution in [0.25, 0.3) is 11.1 Å². The molecule has 2 rings (SSSR count). The highest BCUT2D eigenvalue weighted by Gasteiger charge is 2.28. The Labute approximate surface area is 119 Å². The molecule has 0 bridgehead atoms. The third-order valence-electron chi connectivity index (χ3n) is 2.73. The Hall–Kier alpha value is -1.48. The highest BCUT2D eigenvalue weighted by atomic mass is 31.2. The first kappa shape index (κ1) is 14.9. The normalized spacial score (nSPS) is 11.5. The molecule has 1 aromatic heterocycles. The van der Waals surface area contributed by atoms with Gasteiger partial charge in [-0.15, -0.1) is 0 Å². The molecular formula is C15H18NO3P. The molecule has 1 aromatic carbocycles. The van der Waals surface area contributed by atoms with Gasteiger partial charge in [0.05, 0.1) is 13.2 Å². The molecule has 1 heterocycles. The largest absolute Gasteiger partial charge is 0.379 e. The molecule has 0 fully saturated rings. The second-order valence-electron chi connectivity index (χ2n) is 4.10. The van der Waals surface area contributed by atoms with Gasteiger partial charge in [-0.1, -0.05) is 30.3 Å². The van der Waals surface area contributed by atoms with Gasteiger partial charge in [0.15, 0.2) is 5.44 Å². The molecule has 0 amide bonds. The van der Waals surface area contributed by atoms with Gasteiger partial charge in [0, 0.05) is 6.20 Å². The minimum atomic E-state index is -3.33. The lowest BCUT2D eigenvalue weighted by molar-refractivity contribution is 0.229. The van der Waals surface area contributed by atoms with Crippen LogP contribution < -0.4 is 5.44 Å². The van der Waals surface area contributed by atoms with Crippen LogP contribution in [0.3, 0.4) is 0 Å². The van der Waals surface area contributed by atoms with Gasteiger partial charge >= 0.3 is 7.60 Å². The van der Waals surface area contributed by atoms with Crippen LogP contribution in [-0.2, 0) is 13.6 Å². The zero-order chi connectivity index (χ0) is 14.4. The Morgan fingerprint density at radius 3 is 2.25 bits per heavy atom. The fourth-order valence-electron chi connectivity index (χ4n) is 1.89. The van der Waals surface area contributed by atoms with E-state index in [2.05, 4.69) is 4.98 Å². The van der Waals surface area contributed by atoms with Crippen molar-refractivity contribution in [3.05, 3.63) is 48.7 Å². The molecule has 5 heteroatoms. The zero-order valence-electron chi connectivity index (χ0n) is 11.7. The molecule has 0 unspecified atom stereocenters. The maximum Gasteiger partial charge on any atom is 0.379 e. The average Bonchev–Trinajstić information content (AvgIpc) is 2.49. The minimum Gasteiger partial charge on any atom is -0.304 e. The van der Waals surface area contributed by atoms with Crippen LogP contribution >= 0.6 is 7.60 Å². The lowest BCUT2D eigenvalue weighted by Crippen LogP contribution is -2.14. The third kappa shape index (κ3) is 3.34. The molecule has 0 saturated carbocycles. The summed E-state index contributed by atoms with van der Waals surface area (Å²) < 4.78 is 23.3. The summed E-state index contributed by atoms with van der Waals surface area (Å²) in [4.78, 5) is 4.16. The Balaban J connectivity index is 2.41. The molecule has 0 aliphatic rings. The van der Waals surface area contributed by atoms with Gasteiger partial charge in [-0.05, 0) is 37.1 Å². The predicted octanol–water partition coefficient (Wildman–Crippen LogP) is 3.64. The quantitative estimate of drug-likeness (QED) is 0.762. The number of nitrogens with zero attached hydrogens (tertiary/aromatic N) is 1. The lowest BCUT2D eigenvalue weighted by atomic mass is 10.1. The van der Waals surface area contributed by atoms with Crippen molar-refractivity contribution in [1.82, 2.24) is 4.98 Å². The first-order chi connectivity index (χ1) is 9.69. The van der Waals surface area contributed by atoms with Crippen molar-refractivity contribution in [3.63, 3.8) is 0 Å². The van der Waals surface area contributed by atoms with Gasteiger partial charge in [-0.25, -0.2) is 4.98 Å². The van der Waals surface area contributed by atoms with E-state index in [0.29, 0.717) is 18.6 Å². The summed E-state index contributed by atoms with van der Waals surface area (Å²) in [5.41, 5.74) is 2.33. The number of pyridine rings is 1. The van der Waals surface area contributed by atoms with Crippen LogP contribution in [0.4, 0.5) is 0 Å². The summed E-state index contributed by atoms with van der Waals surface area (Å²) in [7, 11) is -3.33. The molecule has 0 radical (unpaired) electrons. The molecule has 0 aliphatic heterocycles. The Morgan fingerprint density at radius 2 is 1.65 bits per heavy atom. The van der Waals surface area contributed by atoms with Gasteiger partial charge in [0.25, 0.3) is 0 Å². The molecule has 4 nitrogen and oxygen atoms in total. The average molecular weight is 291 g/mol. The van der Waals surface area contributed by atoms with Gasteiger partial charge in [-0.2, -0.15) is 0 Å². The van der Waals surface area contributed by atoms with Gasteiger partial charge in [0.2, 0.25) is 0 Å². The molecule has 0 N–H and O–H groups in total. The van der Waals surface area contributed by atoms with E-state index in [4.69, 9.17) is 9.05 Å². The summed E-state index contributed by atoms with van der Waals surface area (Å²) in [6.07, 6.45) is 1.63. The second-order valence-corrected chi connectivity index (χ2v) is 6.07. The van der Waals surface area contributed by atoms with Crippen LogP contribution in [0.5, 0.6) is 0 Å². The Morgan fingerprint density at radius 1 is 1.00 bits per heavy atom. The third-order valence-corrected chi connectivity index (χ3v) is 4.73. The van der Waals surface area contributed by atoms with Gasteiger partial charge in [-0.3, -0.25) is 4.57 Å². The molecular weight excluding hydrogens is 273 g/mol. The number of aromatic nitrogens is 1. The van der Waals surface area contributed by atoms with Crippen molar-refractivity contribution >= 4 is 13.0 Å². The molecule has 2 aromatic rings. The van der Waals surface area contributed by atoms with E-state index in [0.717, 1.165) is 11.1 Å². The second kappa shape index (κ2) is 6.80. The topological polar surface area (TPSA) is 48.4 Å². The summed E-state index contributed by atoms with van der Waals surface area (Å²) in [6, 6.07) is 13.5. The highest BCUT2D eigenvalue weighted by molar-refractivity contribution is 7.61. The van der Waals surface area contributed by atoms with Crippen LogP contribution in [0.15, 0.2) is 48.7 Å². The fraction of sp³-hybridized carbons (Fsp3) is 0.267. The molecule has 0 aliphatic carbocycles. The summed E-state index contributed by atoms with van der Waals surface area (Å²) in [5, 5.41) is 0. The summed E-state index contributed by atoms with van der Waals surface area (Å²) >= 11 is 0. The highest BCUT2D eigenvalue weighted by Crippen LogP contribution is 2.46. The van der Waals surface area contributed by atoms with Crippen LogP contribution in [0.1, 0.15) is 13.8 Å². The van der Waals surface area contributed by atoms with Crippen LogP contribution in [0, 0.1) is 0 Å². The number of benzene rings is 1. The molecule has 0 saturated heterocycles. The van der Waals surface area contributed by atoms with Crippen molar-refractivity contribution < 1.29 is 13.6 Å². The van der Waals surface area contributed by atoms with E-state index < -0.39 is 7.60 Å². The number of hydrogen-bond acceptors (Lipinski definition) is 4.